The molecule has 73 heavy (non-hydrogen) atoms. The molecular formula is C57H59N11O5. The molecule has 2 saturated heterocycles. The first-order chi connectivity index (χ1) is 35.6. The number of anilines is 2. The second kappa shape index (κ2) is 21.5. The number of nitrogens with zero attached hydrogens (tertiary/aromatic N) is 7. The zero-order valence-electron chi connectivity index (χ0n) is 40.7. The van der Waals surface area contributed by atoms with Crippen LogP contribution in [0.25, 0.3) is 27.4 Å². The maximum atomic E-state index is 12.9. The molecule has 16 heteroatoms. The second-order valence-electron chi connectivity index (χ2n) is 19.3. The Labute approximate surface area is 425 Å². The lowest BCUT2D eigenvalue weighted by Crippen LogP contribution is -2.42. The third-order valence-electron chi connectivity index (χ3n) is 14.6. The van der Waals surface area contributed by atoms with Gasteiger partial charge in [0.25, 0.3) is 17.7 Å². The molecule has 4 aromatic carbocycles. The number of nitrogens with two attached hydrogens (primary N) is 2. The van der Waals surface area contributed by atoms with Crippen molar-refractivity contribution in [3.05, 3.63) is 144 Å². The van der Waals surface area contributed by atoms with Crippen LogP contribution in [0.4, 0.5) is 11.6 Å². The number of fused-ring (bicyclic) bond motifs is 2. The van der Waals surface area contributed by atoms with E-state index in [9.17, 15) is 14.4 Å². The van der Waals surface area contributed by atoms with Gasteiger partial charge in [0.15, 0.2) is 0 Å². The monoisotopic (exact) mass is 977 g/mol. The fourth-order valence-corrected chi connectivity index (χ4v) is 10.7. The number of ether oxygens (including phenoxy) is 2. The standard InChI is InChI=1S/C31H32N6O3.C26H27N5O2/c1-33-25(19-20-7-8-20)31(39)36-17-14-21(15-18-36)26-13-16-34-30-27(29(32)38)28(35-37(26)30)22-9-11-24(12-10-22)40-23-5-3-2-4-6-23;1-2-30-16-13-18(14-17-30)22-12-15-28-26-23(25(27)32)24(29-31(22)26)19-8-10-21(11-9-19)33-20-6-4-3-5-7-20/h2-6,9-12,19-21,26,34H,7-8,13-18H2,(H2,32,38);1,3-11,18,22,28H,12-17H2,(H2,27,32)/t26-;22-/m00/s1. The van der Waals surface area contributed by atoms with E-state index >= 15 is 0 Å². The van der Waals surface area contributed by atoms with Gasteiger partial charge >= 0.3 is 0 Å². The van der Waals surface area contributed by atoms with Crippen molar-refractivity contribution in [1.82, 2.24) is 29.4 Å². The molecule has 372 valence electrons. The van der Waals surface area contributed by atoms with Gasteiger partial charge in [-0.2, -0.15) is 10.2 Å². The zero-order valence-corrected chi connectivity index (χ0v) is 40.7. The van der Waals surface area contributed by atoms with Gasteiger partial charge in [-0.15, -0.1) is 0 Å². The van der Waals surface area contributed by atoms with Gasteiger partial charge < -0.3 is 41.4 Å². The van der Waals surface area contributed by atoms with E-state index in [2.05, 4.69) is 21.5 Å². The predicted octanol–water partition coefficient (Wildman–Crippen LogP) is 9.35. The Morgan fingerprint density at radius 1 is 0.616 bits per heavy atom. The summed E-state index contributed by atoms with van der Waals surface area (Å²) in [7, 11) is 0. The lowest BCUT2D eigenvalue weighted by molar-refractivity contribution is -0.128. The van der Waals surface area contributed by atoms with E-state index in [1.165, 1.54) is 0 Å². The quantitative estimate of drug-likeness (QED) is 0.0522. The summed E-state index contributed by atoms with van der Waals surface area (Å²) >= 11 is 0. The minimum absolute atomic E-state index is 0.0865. The molecule has 2 atom stereocenters. The van der Waals surface area contributed by atoms with Gasteiger partial charge in [-0.05, 0) is 142 Å². The van der Waals surface area contributed by atoms with Crippen LogP contribution in [-0.2, 0) is 4.79 Å². The topological polar surface area (TPSA) is 192 Å². The zero-order chi connectivity index (χ0) is 50.4. The van der Waals surface area contributed by atoms with Crippen molar-refractivity contribution in [2.45, 2.75) is 63.5 Å². The van der Waals surface area contributed by atoms with E-state index in [-0.39, 0.29) is 23.7 Å². The first-order valence-electron chi connectivity index (χ1n) is 25.2. The molecule has 2 aromatic heterocycles. The average molecular weight is 978 g/mol. The highest BCUT2D eigenvalue weighted by molar-refractivity contribution is 6.04. The number of allylic oxidation sites excluding steroid dienone is 1. The van der Waals surface area contributed by atoms with Crippen LogP contribution in [0.5, 0.6) is 23.0 Å². The van der Waals surface area contributed by atoms with Crippen LogP contribution in [0.1, 0.15) is 84.2 Å². The number of rotatable bonds is 12. The fraction of sp³-hybridized carbons (Fsp3) is 0.333. The van der Waals surface area contributed by atoms with Gasteiger partial charge in [0, 0.05) is 56.4 Å². The summed E-state index contributed by atoms with van der Waals surface area (Å²) in [4.78, 5) is 45.4. The fourth-order valence-electron chi connectivity index (χ4n) is 10.7. The highest BCUT2D eigenvalue weighted by atomic mass is 16.5. The number of primary amides is 2. The largest absolute Gasteiger partial charge is 0.457 e. The van der Waals surface area contributed by atoms with Crippen molar-refractivity contribution >= 4 is 29.4 Å². The summed E-state index contributed by atoms with van der Waals surface area (Å²) in [5, 5.41) is 16.6. The molecule has 6 N–H and O–H groups in total. The molecule has 11 rings (SSSR count). The summed E-state index contributed by atoms with van der Waals surface area (Å²) < 4.78 is 15.7. The minimum atomic E-state index is -0.524. The third-order valence-corrected chi connectivity index (χ3v) is 14.6. The van der Waals surface area contributed by atoms with Crippen LogP contribution in [0.3, 0.4) is 0 Å². The highest BCUT2D eigenvalue weighted by Crippen LogP contribution is 2.42. The van der Waals surface area contributed by atoms with Crippen LogP contribution in [0, 0.1) is 36.8 Å². The van der Waals surface area contributed by atoms with Crippen molar-refractivity contribution in [2.24, 2.45) is 29.2 Å². The number of benzene rings is 4. The number of amides is 3. The first-order valence-corrected chi connectivity index (χ1v) is 25.2. The van der Waals surface area contributed by atoms with E-state index in [1.54, 1.807) is 0 Å². The van der Waals surface area contributed by atoms with Crippen LogP contribution >= 0.6 is 0 Å². The van der Waals surface area contributed by atoms with Gasteiger partial charge in [-0.25, -0.2) is 14.2 Å². The molecule has 0 spiro atoms. The SMILES string of the molecule is C#CN1CCC([C@@H]2CCNc3c(C(N)=O)c(-c4ccc(Oc5ccccc5)cc4)nn32)CC1.[C-]#[N+]C(=CC1CC1)C(=O)N1CCC([C@@H]2CCNc3c(C(N)=O)c(-c4ccc(Oc5ccccc5)cc4)nn32)CC1. The number of carbonyl (C=O) groups is 3. The normalized spacial score (nSPS) is 18.8. The van der Waals surface area contributed by atoms with Gasteiger partial charge in [-0.3, -0.25) is 14.4 Å². The number of para-hydroxylation sites is 2. The van der Waals surface area contributed by atoms with E-state index < -0.39 is 11.8 Å². The number of carbonyl (C=O) groups excluding carboxylic acids is 3. The number of terminal acetylenes is 1. The summed E-state index contributed by atoms with van der Waals surface area (Å²) in [6, 6.07) is 37.3. The van der Waals surface area contributed by atoms with Crippen LogP contribution in [0.15, 0.2) is 121 Å². The van der Waals surface area contributed by atoms with Crippen molar-refractivity contribution in [1.29, 1.82) is 0 Å². The van der Waals surface area contributed by atoms with Crippen LogP contribution in [0.2, 0.25) is 0 Å². The van der Waals surface area contributed by atoms with Gasteiger partial charge in [0.2, 0.25) is 5.70 Å². The summed E-state index contributed by atoms with van der Waals surface area (Å²) in [6.45, 7) is 11.9. The molecule has 16 nitrogen and oxygen atoms in total. The maximum absolute atomic E-state index is 12.9. The Morgan fingerprint density at radius 2 is 1.04 bits per heavy atom. The molecule has 0 unspecified atom stereocenters. The Bertz CT molecular complexity index is 3060. The molecule has 1 saturated carbocycles. The molecule has 3 amide bonds. The Balaban J connectivity index is 0.000000171. The van der Waals surface area contributed by atoms with E-state index in [4.69, 9.17) is 44.1 Å². The van der Waals surface area contributed by atoms with Crippen LogP contribution < -0.4 is 31.6 Å². The molecule has 6 aromatic rings. The van der Waals surface area contributed by atoms with E-state index in [0.717, 1.165) is 99.4 Å². The molecular weight excluding hydrogens is 919 g/mol. The van der Waals surface area contributed by atoms with Crippen molar-refractivity contribution in [2.75, 3.05) is 49.9 Å². The van der Waals surface area contributed by atoms with Gasteiger partial charge in [-0.1, -0.05) is 48.9 Å². The van der Waals surface area contributed by atoms with Gasteiger partial charge in [0.05, 0.1) is 18.7 Å². The number of likely N-dealkylation sites (tertiary alicyclic amines) is 2. The number of piperidine rings is 2. The molecule has 5 aliphatic rings. The molecule has 3 fully saturated rings. The minimum Gasteiger partial charge on any atom is -0.457 e. The highest BCUT2D eigenvalue weighted by Gasteiger charge is 2.38. The Morgan fingerprint density at radius 3 is 1.44 bits per heavy atom. The number of aromatic nitrogens is 4. The molecule has 0 radical (unpaired) electrons. The van der Waals surface area contributed by atoms with Crippen molar-refractivity contribution in [3.8, 4) is 58.0 Å². The number of hydrogen-bond acceptors (Lipinski definition) is 10. The second-order valence-corrected chi connectivity index (χ2v) is 19.3. The summed E-state index contributed by atoms with van der Waals surface area (Å²) in [5.74, 6) is 4.28. The van der Waals surface area contributed by atoms with E-state index in [0.29, 0.717) is 77.2 Å². The Kier molecular flexibility index (Phi) is 14.2. The molecule has 1 aliphatic carbocycles. The van der Waals surface area contributed by atoms with Gasteiger partial charge in [0.1, 0.15) is 57.1 Å². The summed E-state index contributed by atoms with van der Waals surface area (Å²) in [5.41, 5.74) is 15.6. The first kappa shape index (κ1) is 48.1. The number of nitrogens with one attached hydrogen (secondary N) is 2. The lowest BCUT2D eigenvalue weighted by atomic mass is 9.86. The van der Waals surface area contributed by atoms with Crippen molar-refractivity contribution in [3.63, 3.8) is 0 Å². The average Bonchev–Trinajstić information content (AvgIpc) is 4.03. The Hall–Kier alpha value is -8.50. The maximum Gasteiger partial charge on any atom is 0.254 e. The summed E-state index contributed by atoms with van der Waals surface area (Å²) in [6.07, 6.45) is 15.0. The van der Waals surface area contributed by atoms with Crippen molar-refractivity contribution < 1.29 is 23.9 Å². The number of hydrogen-bond donors (Lipinski definition) is 4. The smallest absolute Gasteiger partial charge is 0.254 e. The van der Waals surface area contributed by atoms with Crippen LogP contribution in [-0.4, -0.2) is 86.4 Å². The molecule has 4 aliphatic heterocycles. The molecule has 0 bridgehead atoms. The lowest BCUT2D eigenvalue weighted by Gasteiger charge is -2.38. The third kappa shape index (κ3) is 10.6. The molecule has 6 heterocycles. The predicted molar refractivity (Wildman–Crippen MR) is 280 cm³/mol. The van der Waals surface area contributed by atoms with E-state index in [1.807, 2.05) is 134 Å².